The van der Waals surface area contributed by atoms with E-state index in [1.807, 2.05) is 24.3 Å². The molecule has 0 fully saturated rings. The third kappa shape index (κ3) is 4.32. The molecule has 0 N–H and O–H groups in total. The summed E-state index contributed by atoms with van der Waals surface area (Å²) in [7, 11) is 0. The fourth-order valence-corrected chi connectivity index (χ4v) is 5.43. The third-order valence-electron chi connectivity index (χ3n) is 2.66. The van der Waals surface area contributed by atoms with Crippen LogP contribution in [0.3, 0.4) is 0 Å². The van der Waals surface area contributed by atoms with Crippen molar-refractivity contribution in [3.8, 4) is 0 Å². The molecule has 0 aliphatic carbocycles. The van der Waals surface area contributed by atoms with Crippen molar-refractivity contribution < 1.29 is 9.32 Å². The van der Waals surface area contributed by atoms with E-state index >= 15 is 0 Å². The second kappa shape index (κ2) is 5.01. The van der Waals surface area contributed by atoms with Crippen molar-refractivity contribution in [3.63, 3.8) is 0 Å². The van der Waals surface area contributed by atoms with E-state index in [9.17, 15) is 4.79 Å². The molecule has 0 spiro atoms. The van der Waals surface area contributed by atoms with Crippen LogP contribution in [-0.2, 0) is 15.5 Å². The Labute approximate surface area is 104 Å². The molecule has 3 heteroatoms. The van der Waals surface area contributed by atoms with E-state index in [0.717, 1.165) is 12.3 Å². The van der Waals surface area contributed by atoms with Crippen molar-refractivity contribution in [3.05, 3.63) is 48.6 Å². The molecule has 0 heterocycles. The molecule has 0 unspecified atom stereocenters. The molecule has 17 heavy (non-hydrogen) atoms. The minimum absolute atomic E-state index is 0.203. The molecule has 0 amide bonds. The standard InChI is InChI=1S/C14H21O2P/c1-5-11-17(3,4,16-13(2)15)12-14-9-7-6-8-10-14/h5-10H,1,11-12H2,2-4H3. The van der Waals surface area contributed by atoms with Gasteiger partial charge in [0, 0.05) is 0 Å². The zero-order valence-corrected chi connectivity index (χ0v) is 11.7. The molecule has 1 rings (SSSR count). The van der Waals surface area contributed by atoms with Crippen LogP contribution in [0, 0.1) is 0 Å². The van der Waals surface area contributed by atoms with Crippen molar-refractivity contribution in [2.24, 2.45) is 0 Å². The summed E-state index contributed by atoms with van der Waals surface area (Å²) in [6, 6.07) is 10.1. The first-order valence-electron chi connectivity index (χ1n) is 5.70. The Bertz CT molecular complexity index is 409. The zero-order chi connectivity index (χ0) is 13.0. The minimum atomic E-state index is -2.50. The average Bonchev–Trinajstić information content (AvgIpc) is 2.16. The van der Waals surface area contributed by atoms with Crippen LogP contribution in [0.1, 0.15) is 12.5 Å². The first kappa shape index (κ1) is 13.9. The number of allylic oxidation sites excluding steroid dienone is 1. The van der Waals surface area contributed by atoms with Gasteiger partial charge in [-0.15, -0.1) is 0 Å². The van der Waals surface area contributed by atoms with E-state index in [0.29, 0.717) is 0 Å². The van der Waals surface area contributed by atoms with Crippen molar-refractivity contribution in [2.45, 2.75) is 13.1 Å². The van der Waals surface area contributed by atoms with Crippen LogP contribution in [0.15, 0.2) is 43.0 Å². The molecule has 2 nitrogen and oxygen atoms in total. The molecule has 0 radical (unpaired) electrons. The Hall–Kier alpha value is -1.14. The summed E-state index contributed by atoms with van der Waals surface area (Å²) >= 11 is 0. The number of carbonyl (C=O) groups is 1. The molecule has 0 aromatic heterocycles. The average molecular weight is 252 g/mol. The molecule has 94 valence electrons. The molecule has 0 bridgehead atoms. The first-order chi connectivity index (χ1) is 7.84. The van der Waals surface area contributed by atoms with Crippen LogP contribution in [0.25, 0.3) is 0 Å². The van der Waals surface area contributed by atoms with Gasteiger partial charge in [0.05, 0.1) is 0 Å². The van der Waals surface area contributed by atoms with Crippen molar-refractivity contribution in [2.75, 3.05) is 19.5 Å². The number of hydrogen-bond donors (Lipinski definition) is 0. The molecule has 1 aromatic rings. The number of carbonyl (C=O) groups excluding carboxylic acids is 1. The Kier molecular flexibility index (Phi) is 4.11. The zero-order valence-electron chi connectivity index (χ0n) is 10.8. The van der Waals surface area contributed by atoms with Gasteiger partial charge in [-0.05, 0) is 0 Å². The normalized spacial score (nSPS) is 13.5. The molecule has 0 saturated carbocycles. The maximum absolute atomic E-state index is 11.3. The summed E-state index contributed by atoms with van der Waals surface area (Å²) in [6.45, 7) is 6.93. The Morgan fingerprint density at radius 3 is 2.41 bits per heavy atom. The summed E-state index contributed by atoms with van der Waals surface area (Å²) in [5.41, 5.74) is 1.21. The fourth-order valence-electron chi connectivity index (χ4n) is 2.13. The van der Waals surface area contributed by atoms with Crippen LogP contribution in [0.4, 0.5) is 0 Å². The quantitative estimate of drug-likeness (QED) is 0.590. The summed E-state index contributed by atoms with van der Waals surface area (Å²) < 4.78 is 5.69. The van der Waals surface area contributed by atoms with Gasteiger partial charge < -0.3 is 0 Å². The molecule has 0 atom stereocenters. The summed E-state index contributed by atoms with van der Waals surface area (Å²) in [5, 5.41) is 0. The van der Waals surface area contributed by atoms with Gasteiger partial charge in [-0.3, -0.25) is 0 Å². The Morgan fingerprint density at radius 1 is 1.35 bits per heavy atom. The summed E-state index contributed by atoms with van der Waals surface area (Å²) in [5.74, 6) is -0.203. The molecule has 1 aromatic carbocycles. The van der Waals surface area contributed by atoms with Gasteiger partial charge in [0.25, 0.3) is 0 Å². The van der Waals surface area contributed by atoms with E-state index in [1.54, 1.807) is 0 Å². The Balaban J connectivity index is 2.99. The first-order valence-corrected chi connectivity index (χ1v) is 9.12. The Morgan fingerprint density at radius 2 is 1.94 bits per heavy atom. The van der Waals surface area contributed by atoms with E-state index in [1.165, 1.54) is 12.5 Å². The van der Waals surface area contributed by atoms with Gasteiger partial charge >= 0.3 is 103 Å². The maximum atomic E-state index is 11.3. The molecular weight excluding hydrogens is 231 g/mol. The van der Waals surface area contributed by atoms with Crippen LogP contribution >= 0.6 is 6.83 Å². The second-order valence-electron chi connectivity index (χ2n) is 5.26. The molecule has 0 aliphatic heterocycles. The predicted octanol–water partition coefficient (Wildman–Crippen LogP) is 3.66. The van der Waals surface area contributed by atoms with Gasteiger partial charge in [0.15, 0.2) is 0 Å². The van der Waals surface area contributed by atoms with E-state index in [4.69, 9.17) is 4.52 Å². The topological polar surface area (TPSA) is 26.3 Å². The summed E-state index contributed by atoms with van der Waals surface area (Å²) in [6.07, 6.45) is 3.40. The van der Waals surface area contributed by atoms with Gasteiger partial charge in [-0.25, -0.2) is 0 Å². The van der Waals surface area contributed by atoms with Gasteiger partial charge in [0.1, 0.15) is 0 Å². The van der Waals surface area contributed by atoms with Crippen LogP contribution < -0.4 is 0 Å². The molecular formula is C14H21O2P. The van der Waals surface area contributed by atoms with Gasteiger partial charge in [-0.1, -0.05) is 0 Å². The predicted molar refractivity (Wildman–Crippen MR) is 75.7 cm³/mol. The van der Waals surface area contributed by atoms with Gasteiger partial charge in [0.2, 0.25) is 0 Å². The number of hydrogen-bond acceptors (Lipinski definition) is 2. The fraction of sp³-hybridized carbons (Fsp3) is 0.357. The number of benzene rings is 1. The number of rotatable bonds is 5. The SMILES string of the molecule is C=CCP(C)(C)(Cc1ccccc1)OC(C)=O. The van der Waals surface area contributed by atoms with Crippen molar-refractivity contribution in [1.29, 1.82) is 0 Å². The molecule has 0 aliphatic rings. The van der Waals surface area contributed by atoms with E-state index in [2.05, 4.69) is 32.0 Å². The molecule has 0 saturated heterocycles. The third-order valence-corrected chi connectivity index (χ3v) is 6.28. The van der Waals surface area contributed by atoms with Crippen molar-refractivity contribution in [1.82, 2.24) is 0 Å². The second-order valence-corrected chi connectivity index (χ2v) is 11.2. The van der Waals surface area contributed by atoms with Gasteiger partial charge in [-0.2, -0.15) is 0 Å². The van der Waals surface area contributed by atoms with Crippen LogP contribution in [-0.4, -0.2) is 25.5 Å². The van der Waals surface area contributed by atoms with Crippen LogP contribution in [0.5, 0.6) is 0 Å². The van der Waals surface area contributed by atoms with E-state index < -0.39 is 6.83 Å². The van der Waals surface area contributed by atoms with Crippen molar-refractivity contribution >= 4 is 12.8 Å². The summed E-state index contributed by atoms with van der Waals surface area (Å²) in [4.78, 5) is 11.3. The van der Waals surface area contributed by atoms with E-state index in [-0.39, 0.29) is 5.97 Å². The monoisotopic (exact) mass is 252 g/mol. The van der Waals surface area contributed by atoms with Crippen LogP contribution in [0.2, 0.25) is 0 Å².